The van der Waals surface area contributed by atoms with Crippen molar-refractivity contribution in [3.63, 3.8) is 0 Å². The summed E-state index contributed by atoms with van der Waals surface area (Å²) in [5.41, 5.74) is 6.86. The van der Waals surface area contributed by atoms with E-state index in [4.69, 9.17) is 10.5 Å². The maximum atomic E-state index is 13.1. The Bertz CT molecular complexity index is 866. The molecule has 8 nitrogen and oxygen atoms in total. The average molecular weight is 378 g/mol. The van der Waals surface area contributed by atoms with Gasteiger partial charge in [-0.1, -0.05) is 30.3 Å². The number of nitrogens with zero attached hydrogens (tertiary/aromatic N) is 2. The molecule has 1 fully saturated rings. The number of aromatic nitrogens is 2. The van der Waals surface area contributed by atoms with Gasteiger partial charge in [0.05, 0.1) is 12.8 Å². The Morgan fingerprint density at radius 3 is 2.73 bits per heavy atom. The third-order valence-electron chi connectivity index (χ3n) is 4.64. The normalized spacial score (nSPS) is 21.0. The van der Waals surface area contributed by atoms with Crippen LogP contribution in [0.25, 0.3) is 0 Å². The van der Waals surface area contributed by atoms with Crippen LogP contribution in [0.2, 0.25) is 0 Å². The highest BCUT2D eigenvalue weighted by Gasteiger charge is 2.41. The minimum absolute atomic E-state index is 0.00106. The van der Waals surface area contributed by atoms with Gasteiger partial charge in [-0.25, -0.2) is 13.2 Å². The lowest BCUT2D eigenvalue weighted by atomic mass is 9.89. The van der Waals surface area contributed by atoms with Gasteiger partial charge < -0.3 is 10.5 Å². The van der Waals surface area contributed by atoms with E-state index in [9.17, 15) is 13.2 Å². The van der Waals surface area contributed by atoms with Crippen LogP contribution in [-0.4, -0.2) is 55.1 Å². The standard InChI is InChI=1S/C17H22N4O4S/c1-2-25-17(22)14-9-19-20-16(14)26(23,24)21-10-13(8-18)15(11-21)12-6-4-3-5-7-12/h3-7,9,13,15H,2,8,10-11,18H2,1H3,(H,19,20)/t13-,15+/m1/s1. The number of rotatable bonds is 6. The number of carbonyl (C=O) groups excluding carboxylic acids is 1. The highest BCUT2D eigenvalue weighted by atomic mass is 32.2. The van der Waals surface area contributed by atoms with Crippen molar-refractivity contribution in [2.75, 3.05) is 26.2 Å². The molecule has 0 amide bonds. The fourth-order valence-electron chi connectivity index (χ4n) is 3.30. The van der Waals surface area contributed by atoms with Gasteiger partial charge in [0.15, 0.2) is 5.03 Å². The molecule has 1 saturated heterocycles. The molecule has 1 aromatic carbocycles. The molecular weight excluding hydrogens is 356 g/mol. The molecular formula is C17H22N4O4S. The number of hydrogen-bond acceptors (Lipinski definition) is 6. The SMILES string of the molecule is CCOC(=O)c1cn[nH]c1S(=O)(=O)N1C[C@@H](CN)[C@H](c2ccccc2)C1. The zero-order chi connectivity index (χ0) is 18.7. The smallest absolute Gasteiger partial charge is 0.342 e. The van der Waals surface area contributed by atoms with E-state index in [0.29, 0.717) is 19.6 Å². The van der Waals surface area contributed by atoms with E-state index in [0.717, 1.165) is 5.56 Å². The highest BCUT2D eigenvalue weighted by Crippen LogP contribution is 2.35. The second-order valence-electron chi connectivity index (χ2n) is 6.17. The van der Waals surface area contributed by atoms with Crippen LogP contribution in [0.15, 0.2) is 41.6 Å². The Labute approximate surface area is 152 Å². The Morgan fingerprint density at radius 1 is 1.35 bits per heavy atom. The van der Waals surface area contributed by atoms with E-state index in [-0.39, 0.29) is 29.0 Å². The van der Waals surface area contributed by atoms with Gasteiger partial charge in [0.2, 0.25) is 0 Å². The zero-order valence-corrected chi connectivity index (χ0v) is 15.3. The maximum Gasteiger partial charge on any atom is 0.342 e. The predicted molar refractivity (Wildman–Crippen MR) is 95.0 cm³/mol. The first-order chi connectivity index (χ1) is 12.5. The van der Waals surface area contributed by atoms with Gasteiger partial charge >= 0.3 is 5.97 Å². The molecule has 140 valence electrons. The number of sulfonamides is 1. The van der Waals surface area contributed by atoms with Crippen LogP contribution in [0.5, 0.6) is 0 Å². The third kappa shape index (κ3) is 3.37. The molecule has 1 aliphatic heterocycles. The lowest BCUT2D eigenvalue weighted by Gasteiger charge is -2.16. The molecule has 2 aromatic rings. The lowest BCUT2D eigenvalue weighted by molar-refractivity contribution is 0.0521. The summed E-state index contributed by atoms with van der Waals surface area (Å²) in [4.78, 5) is 12.0. The van der Waals surface area contributed by atoms with Crippen LogP contribution in [0.3, 0.4) is 0 Å². The molecule has 3 rings (SSSR count). The summed E-state index contributed by atoms with van der Waals surface area (Å²) in [5, 5.41) is 5.93. The molecule has 0 radical (unpaired) electrons. The number of aromatic amines is 1. The van der Waals surface area contributed by atoms with Crippen LogP contribution < -0.4 is 5.73 Å². The largest absolute Gasteiger partial charge is 0.462 e. The Hall–Kier alpha value is -2.23. The summed E-state index contributed by atoms with van der Waals surface area (Å²) in [7, 11) is -3.91. The number of esters is 1. The van der Waals surface area contributed by atoms with Crippen molar-refractivity contribution in [2.24, 2.45) is 11.7 Å². The zero-order valence-electron chi connectivity index (χ0n) is 14.5. The molecule has 0 bridgehead atoms. The Kier molecular flexibility index (Phi) is 5.40. The van der Waals surface area contributed by atoms with Crippen molar-refractivity contribution in [1.29, 1.82) is 0 Å². The minimum Gasteiger partial charge on any atom is -0.462 e. The molecule has 2 heterocycles. The van der Waals surface area contributed by atoms with E-state index < -0.39 is 16.0 Å². The van der Waals surface area contributed by atoms with Gasteiger partial charge in [-0.05, 0) is 24.9 Å². The van der Waals surface area contributed by atoms with E-state index >= 15 is 0 Å². The Balaban J connectivity index is 1.90. The number of H-pyrrole nitrogens is 1. The van der Waals surface area contributed by atoms with Crippen molar-refractivity contribution in [2.45, 2.75) is 17.9 Å². The second-order valence-corrected chi connectivity index (χ2v) is 8.04. The summed E-state index contributed by atoms with van der Waals surface area (Å²) < 4.78 is 32.4. The molecule has 1 aliphatic rings. The monoisotopic (exact) mass is 378 g/mol. The van der Waals surface area contributed by atoms with Crippen LogP contribution in [0, 0.1) is 5.92 Å². The molecule has 3 N–H and O–H groups in total. The number of ether oxygens (including phenoxy) is 1. The number of benzene rings is 1. The number of hydrogen-bond donors (Lipinski definition) is 2. The van der Waals surface area contributed by atoms with Crippen molar-refractivity contribution in [3.8, 4) is 0 Å². The molecule has 0 spiro atoms. The summed E-state index contributed by atoms with van der Waals surface area (Å²) in [6.45, 7) is 2.77. The summed E-state index contributed by atoms with van der Waals surface area (Å²) >= 11 is 0. The van der Waals surface area contributed by atoms with Gasteiger partial charge in [-0.2, -0.15) is 9.40 Å². The van der Waals surface area contributed by atoms with E-state index in [1.54, 1.807) is 6.92 Å². The highest BCUT2D eigenvalue weighted by molar-refractivity contribution is 7.89. The van der Waals surface area contributed by atoms with Crippen molar-refractivity contribution < 1.29 is 17.9 Å². The third-order valence-corrected chi connectivity index (χ3v) is 6.44. The van der Waals surface area contributed by atoms with Crippen LogP contribution in [-0.2, 0) is 14.8 Å². The predicted octanol–water partition coefficient (Wildman–Crippen LogP) is 0.949. The first kappa shape index (κ1) is 18.6. The van der Waals surface area contributed by atoms with E-state index in [2.05, 4.69) is 10.2 Å². The van der Waals surface area contributed by atoms with Crippen LogP contribution >= 0.6 is 0 Å². The molecule has 0 saturated carbocycles. The fraction of sp³-hybridized carbons (Fsp3) is 0.412. The first-order valence-electron chi connectivity index (χ1n) is 8.44. The summed E-state index contributed by atoms with van der Waals surface area (Å²) in [5.74, 6) is -0.708. The number of nitrogens with two attached hydrogens (primary N) is 1. The molecule has 0 unspecified atom stereocenters. The average Bonchev–Trinajstić information content (AvgIpc) is 3.30. The van der Waals surface area contributed by atoms with E-state index in [1.165, 1.54) is 10.5 Å². The molecule has 0 aliphatic carbocycles. The van der Waals surface area contributed by atoms with Gasteiger partial charge in [0.25, 0.3) is 10.0 Å². The van der Waals surface area contributed by atoms with Crippen molar-refractivity contribution in [3.05, 3.63) is 47.7 Å². The van der Waals surface area contributed by atoms with Gasteiger partial charge in [0.1, 0.15) is 5.56 Å². The first-order valence-corrected chi connectivity index (χ1v) is 9.88. The summed E-state index contributed by atoms with van der Waals surface area (Å²) in [6, 6.07) is 9.72. The molecule has 2 atom stereocenters. The maximum absolute atomic E-state index is 13.1. The fourth-order valence-corrected chi connectivity index (χ4v) is 4.88. The van der Waals surface area contributed by atoms with Gasteiger partial charge in [-0.3, -0.25) is 5.10 Å². The molecule has 26 heavy (non-hydrogen) atoms. The topological polar surface area (TPSA) is 118 Å². The van der Waals surface area contributed by atoms with Crippen LogP contribution in [0.1, 0.15) is 28.8 Å². The number of nitrogens with one attached hydrogen (secondary N) is 1. The molecule has 1 aromatic heterocycles. The number of carbonyl (C=O) groups is 1. The summed E-state index contributed by atoms with van der Waals surface area (Å²) in [6.07, 6.45) is 1.18. The molecule has 9 heteroatoms. The Morgan fingerprint density at radius 2 is 2.08 bits per heavy atom. The minimum atomic E-state index is -3.91. The van der Waals surface area contributed by atoms with E-state index in [1.807, 2.05) is 30.3 Å². The second kappa shape index (κ2) is 7.56. The van der Waals surface area contributed by atoms with Crippen LogP contribution in [0.4, 0.5) is 0 Å². The van der Waals surface area contributed by atoms with Crippen molar-refractivity contribution in [1.82, 2.24) is 14.5 Å². The van der Waals surface area contributed by atoms with Gasteiger partial charge in [0, 0.05) is 19.0 Å². The van der Waals surface area contributed by atoms with Gasteiger partial charge in [-0.15, -0.1) is 0 Å². The lowest BCUT2D eigenvalue weighted by Crippen LogP contribution is -2.31. The quantitative estimate of drug-likeness (QED) is 0.723. The van der Waals surface area contributed by atoms with Crippen molar-refractivity contribution >= 4 is 16.0 Å².